The van der Waals surface area contributed by atoms with Crippen molar-refractivity contribution >= 4 is 11.6 Å². The van der Waals surface area contributed by atoms with Gasteiger partial charge >= 0.3 is 0 Å². The third-order valence-corrected chi connectivity index (χ3v) is 7.15. The van der Waals surface area contributed by atoms with Gasteiger partial charge in [0.25, 0.3) is 0 Å². The first kappa shape index (κ1) is 15.3. The zero-order chi connectivity index (χ0) is 16.4. The molecule has 0 aromatic rings. The Bertz CT molecular complexity index is 641. The minimum Gasteiger partial charge on any atom is -0.393 e. The fraction of sp³-hybridized carbons (Fsp3) is 0.700. The Hall–Kier alpha value is -1.22. The van der Waals surface area contributed by atoms with E-state index in [9.17, 15) is 14.7 Å². The Labute approximate surface area is 137 Å². The number of ketones is 2. The van der Waals surface area contributed by atoms with Crippen LogP contribution in [0.15, 0.2) is 22.8 Å². The molecule has 3 nitrogen and oxygen atoms in total. The predicted octanol–water partition coefficient (Wildman–Crippen LogP) is 3.37. The molecular formula is C20H26O3. The van der Waals surface area contributed by atoms with Crippen LogP contribution in [0.4, 0.5) is 0 Å². The summed E-state index contributed by atoms with van der Waals surface area (Å²) in [5, 5.41) is 10.0. The summed E-state index contributed by atoms with van der Waals surface area (Å²) in [5.41, 5.74) is 3.62. The van der Waals surface area contributed by atoms with E-state index < -0.39 is 0 Å². The largest absolute Gasteiger partial charge is 0.393 e. The minimum absolute atomic E-state index is 0.0602. The van der Waals surface area contributed by atoms with Gasteiger partial charge in [-0.25, -0.2) is 0 Å². The van der Waals surface area contributed by atoms with Gasteiger partial charge in [0.2, 0.25) is 0 Å². The smallest absolute Gasteiger partial charge is 0.159 e. The lowest BCUT2D eigenvalue weighted by Crippen LogP contribution is -2.45. The Kier molecular flexibility index (Phi) is 3.42. The van der Waals surface area contributed by atoms with E-state index in [1.54, 1.807) is 6.92 Å². The molecule has 23 heavy (non-hydrogen) atoms. The molecule has 1 N–H and O–H groups in total. The summed E-state index contributed by atoms with van der Waals surface area (Å²) >= 11 is 0. The second-order valence-corrected chi connectivity index (χ2v) is 8.26. The Morgan fingerprint density at radius 2 is 2.09 bits per heavy atom. The van der Waals surface area contributed by atoms with E-state index in [2.05, 4.69) is 13.0 Å². The number of carbonyl (C=O) groups excluding carboxylic acids is 2. The van der Waals surface area contributed by atoms with Gasteiger partial charge in [-0.15, -0.1) is 0 Å². The molecule has 1 saturated carbocycles. The van der Waals surface area contributed by atoms with Crippen molar-refractivity contribution in [1.82, 2.24) is 0 Å². The molecule has 5 atom stereocenters. The molecule has 0 bridgehead atoms. The van der Waals surface area contributed by atoms with Gasteiger partial charge in [-0.2, -0.15) is 0 Å². The summed E-state index contributed by atoms with van der Waals surface area (Å²) in [7, 11) is 0. The van der Waals surface area contributed by atoms with Crippen LogP contribution in [-0.4, -0.2) is 22.8 Å². The van der Waals surface area contributed by atoms with Crippen LogP contribution in [0.25, 0.3) is 0 Å². The number of carbonyl (C=O) groups is 2. The van der Waals surface area contributed by atoms with Crippen LogP contribution in [0.2, 0.25) is 0 Å². The molecule has 0 radical (unpaired) electrons. The molecule has 0 aromatic heterocycles. The molecule has 4 aliphatic carbocycles. The van der Waals surface area contributed by atoms with Gasteiger partial charge in [-0.1, -0.05) is 24.1 Å². The highest BCUT2D eigenvalue weighted by Gasteiger charge is 2.52. The maximum Gasteiger partial charge on any atom is 0.159 e. The molecule has 124 valence electrons. The van der Waals surface area contributed by atoms with E-state index in [-0.39, 0.29) is 29.0 Å². The highest BCUT2D eigenvalue weighted by molar-refractivity contribution is 6.04. The first-order valence-corrected chi connectivity index (χ1v) is 9.06. The second kappa shape index (κ2) is 5.14. The molecule has 0 saturated heterocycles. The van der Waals surface area contributed by atoms with Crippen LogP contribution in [0.1, 0.15) is 58.8 Å². The van der Waals surface area contributed by atoms with Crippen LogP contribution in [0.5, 0.6) is 0 Å². The zero-order valence-electron chi connectivity index (χ0n) is 14.1. The van der Waals surface area contributed by atoms with Crippen molar-refractivity contribution in [2.45, 2.75) is 64.9 Å². The lowest BCUT2D eigenvalue weighted by Gasteiger charge is -2.52. The van der Waals surface area contributed by atoms with Gasteiger partial charge in [-0.05, 0) is 62.7 Å². The Balaban J connectivity index is 1.75. The summed E-state index contributed by atoms with van der Waals surface area (Å²) in [6.45, 7) is 3.93. The number of rotatable bonds is 1. The minimum atomic E-state index is -0.214. The van der Waals surface area contributed by atoms with Crippen LogP contribution in [0.3, 0.4) is 0 Å². The Morgan fingerprint density at radius 1 is 1.30 bits per heavy atom. The van der Waals surface area contributed by atoms with Crippen LogP contribution in [-0.2, 0) is 9.59 Å². The van der Waals surface area contributed by atoms with Crippen molar-refractivity contribution in [3.8, 4) is 0 Å². The van der Waals surface area contributed by atoms with Crippen molar-refractivity contribution in [3.63, 3.8) is 0 Å². The molecule has 0 aromatic carbocycles. The lowest BCUT2D eigenvalue weighted by molar-refractivity contribution is -0.124. The van der Waals surface area contributed by atoms with Crippen LogP contribution in [0, 0.1) is 23.2 Å². The van der Waals surface area contributed by atoms with Gasteiger partial charge < -0.3 is 5.11 Å². The molecule has 0 spiro atoms. The number of hydrogen-bond acceptors (Lipinski definition) is 3. The average molecular weight is 314 g/mol. The first-order chi connectivity index (χ1) is 10.9. The van der Waals surface area contributed by atoms with E-state index in [1.807, 2.05) is 0 Å². The molecule has 0 amide bonds. The molecule has 4 aliphatic rings. The van der Waals surface area contributed by atoms with Crippen LogP contribution >= 0.6 is 0 Å². The van der Waals surface area contributed by atoms with E-state index >= 15 is 0 Å². The standard InChI is InChI=1S/C20H26O3/c1-11(21)14-5-6-16-15-4-3-12-9-13(22)7-8-20(12,2)17(15)10-18(23)19(14)16/h3,13-15,17,22H,4-10H2,1-2H3/t13-,14?,15?,17?,20-/m0/s1. The third kappa shape index (κ3) is 2.12. The number of hydrogen-bond donors (Lipinski definition) is 1. The van der Waals surface area contributed by atoms with E-state index in [4.69, 9.17) is 0 Å². The lowest BCUT2D eigenvalue weighted by atomic mass is 9.52. The number of fused-ring (bicyclic) bond motifs is 4. The van der Waals surface area contributed by atoms with Crippen molar-refractivity contribution in [3.05, 3.63) is 22.8 Å². The molecule has 4 rings (SSSR count). The van der Waals surface area contributed by atoms with Gasteiger partial charge in [0.05, 0.1) is 6.10 Å². The molecule has 3 heteroatoms. The summed E-state index contributed by atoms with van der Waals surface area (Å²) in [5.74, 6) is 1.06. The maximum absolute atomic E-state index is 12.8. The topological polar surface area (TPSA) is 54.4 Å². The highest BCUT2D eigenvalue weighted by Crippen LogP contribution is 2.59. The average Bonchev–Trinajstić information content (AvgIpc) is 2.95. The molecule has 1 fully saturated rings. The number of aliphatic hydroxyl groups is 1. The van der Waals surface area contributed by atoms with Crippen molar-refractivity contribution in [2.24, 2.45) is 23.2 Å². The fourth-order valence-corrected chi connectivity index (χ4v) is 5.86. The van der Waals surface area contributed by atoms with E-state index in [0.717, 1.165) is 44.1 Å². The Morgan fingerprint density at radius 3 is 2.83 bits per heavy atom. The number of allylic oxidation sites excluding steroid dienone is 3. The normalized spacial score (nSPS) is 42.7. The van der Waals surface area contributed by atoms with E-state index in [1.165, 1.54) is 11.1 Å². The van der Waals surface area contributed by atoms with Crippen molar-refractivity contribution in [1.29, 1.82) is 0 Å². The van der Waals surface area contributed by atoms with Gasteiger partial charge in [0.15, 0.2) is 5.78 Å². The predicted molar refractivity (Wildman–Crippen MR) is 87.7 cm³/mol. The summed E-state index contributed by atoms with van der Waals surface area (Å²) in [6, 6.07) is 0. The summed E-state index contributed by atoms with van der Waals surface area (Å²) in [6.07, 6.45) is 8.06. The van der Waals surface area contributed by atoms with Gasteiger partial charge in [0, 0.05) is 17.9 Å². The highest BCUT2D eigenvalue weighted by atomic mass is 16.3. The molecule has 0 heterocycles. The molecule has 0 aliphatic heterocycles. The maximum atomic E-state index is 12.8. The molecule has 3 unspecified atom stereocenters. The second-order valence-electron chi connectivity index (χ2n) is 8.26. The van der Waals surface area contributed by atoms with Crippen molar-refractivity contribution in [2.75, 3.05) is 0 Å². The van der Waals surface area contributed by atoms with Crippen LogP contribution < -0.4 is 0 Å². The number of aliphatic hydroxyl groups excluding tert-OH is 1. The fourth-order valence-electron chi connectivity index (χ4n) is 5.86. The van der Waals surface area contributed by atoms with E-state index in [0.29, 0.717) is 18.3 Å². The molecular weight excluding hydrogens is 288 g/mol. The summed E-state index contributed by atoms with van der Waals surface area (Å²) < 4.78 is 0. The zero-order valence-corrected chi connectivity index (χ0v) is 14.1. The van der Waals surface area contributed by atoms with Gasteiger partial charge in [0.1, 0.15) is 5.78 Å². The number of Topliss-reactive ketones (excluding diaryl/α,β-unsaturated/α-hetero) is 2. The summed E-state index contributed by atoms with van der Waals surface area (Å²) in [4.78, 5) is 24.8. The first-order valence-electron chi connectivity index (χ1n) is 9.06. The quantitative estimate of drug-likeness (QED) is 0.755. The third-order valence-electron chi connectivity index (χ3n) is 7.15. The SMILES string of the molecule is CC(=O)C1CCC2=C1C(=O)CC1C2CC=C2C[C@@H](O)CC[C@@]21C. The monoisotopic (exact) mass is 314 g/mol. The van der Waals surface area contributed by atoms with Crippen molar-refractivity contribution < 1.29 is 14.7 Å². The van der Waals surface area contributed by atoms with Gasteiger partial charge in [-0.3, -0.25) is 9.59 Å².